The maximum Gasteiger partial charge on any atom is 0.326 e. The zero-order valence-corrected chi connectivity index (χ0v) is 20.6. The van der Waals surface area contributed by atoms with E-state index in [-0.39, 0.29) is 30.2 Å². The van der Waals surface area contributed by atoms with Crippen LogP contribution >= 0.6 is 0 Å². The molecule has 1 aliphatic heterocycles. The standard InChI is InChI=1S/C26H32N4O8/c31-14-22(25(36)29-21(26(37)38)13-16-5-9-18(33)10-6-16)30-24(35)20(12-15-3-7-17(32)8-4-15)28-23(34)19-2-1-11-27-19/h3-10,19-22,27,31-33H,1-2,11-14H2,(H,28,34)(H,29,36)(H,30,35)(H,37,38). The van der Waals surface area contributed by atoms with Gasteiger partial charge in [0.15, 0.2) is 0 Å². The van der Waals surface area contributed by atoms with Crippen molar-refractivity contribution in [3.63, 3.8) is 0 Å². The number of rotatable bonds is 12. The minimum atomic E-state index is -1.48. The first kappa shape index (κ1) is 28.4. The van der Waals surface area contributed by atoms with Crippen molar-refractivity contribution < 1.29 is 39.6 Å². The van der Waals surface area contributed by atoms with Gasteiger partial charge in [0, 0.05) is 12.8 Å². The van der Waals surface area contributed by atoms with Gasteiger partial charge in [0.1, 0.15) is 29.6 Å². The van der Waals surface area contributed by atoms with E-state index in [1.807, 2.05) is 0 Å². The normalized spacial score (nSPS) is 17.1. The third-order valence-electron chi connectivity index (χ3n) is 6.19. The van der Waals surface area contributed by atoms with Crippen molar-refractivity contribution in [1.82, 2.24) is 21.3 Å². The molecule has 1 aliphatic rings. The summed E-state index contributed by atoms with van der Waals surface area (Å²) in [6.45, 7) is -0.137. The van der Waals surface area contributed by atoms with Crippen LogP contribution in [0.5, 0.6) is 11.5 Å². The topological polar surface area (TPSA) is 197 Å². The minimum Gasteiger partial charge on any atom is -0.508 e. The molecule has 1 fully saturated rings. The van der Waals surface area contributed by atoms with Crippen LogP contribution in [0.4, 0.5) is 0 Å². The number of amides is 3. The van der Waals surface area contributed by atoms with Gasteiger partial charge in [0.2, 0.25) is 17.7 Å². The van der Waals surface area contributed by atoms with Crippen LogP contribution in [-0.2, 0) is 32.0 Å². The number of carbonyl (C=O) groups excluding carboxylic acids is 3. The zero-order valence-electron chi connectivity index (χ0n) is 20.6. The van der Waals surface area contributed by atoms with E-state index in [0.717, 1.165) is 6.42 Å². The molecule has 12 nitrogen and oxygen atoms in total. The molecule has 1 heterocycles. The van der Waals surface area contributed by atoms with Crippen LogP contribution in [0.3, 0.4) is 0 Å². The fourth-order valence-corrected chi connectivity index (χ4v) is 4.06. The molecule has 3 amide bonds. The SMILES string of the molecule is O=C(O)C(Cc1ccc(O)cc1)NC(=O)C(CO)NC(=O)C(Cc1ccc(O)cc1)NC(=O)C1CCCN1. The second kappa shape index (κ2) is 13.4. The molecule has 204 valence electrons. The van der Waals surface area contributed by atoms with E-state index in [2.05, 4.69) is 21.3 Å². The summed E-state index contributed by atoms with van der Waals surface area (Å²) < 4.78 is 0. The molecule has 0 saturated carbocycles. The third kappa shape index (κ3) is 8.18. The molecule has 8 N–H and O–H groups in total. The molecular weight excluding hydrogens is 496 g/mol. The van der Waals surface area contributed by atoms with Crippen molar-refractivity contribution in [2.45, 2.75) is 49.9 Å². The Morgan fingerprint density at radius 2 is 1.29 bits per heavy atom. The highest BCUT2D eigenvalue weighted by Gasteiger charge is 2.31. The summed E-state index contributed by atoms with van der Waals surface area (Å²) in [5, 5.41) is 48.7. The van der Waals surface area contributed by atoms with E-state index in [0.29, 0.717) is 24.1 Å². The van der Waals surface area contributed by atoms with Gasteiger partial charge in [0.05, 0.1) is 12.6 Å². The van der Waals surface area contributed by atoms with Crippen LogP contribution < -0.4 is 21.3 Å². The summed E-state index contributed by atoms with van der Waals surface area (Å²) >= 11 is 0. The predicted octanol–water partition coefficient (Wildman–Crippen LogP) is -0.834. The molecule has 0 spiro atoms. The van der Waals surface area contributed by atoms with Gasteiger partial charge < -0.3 is 41.7 Å². The summed E-state index contributed by atoms with van der Waals surface area (Å²) in [4.78, 5) is 50.4. The summed E-state index contributed by atoms with van der Waals surface area (Å²) in [5.41, 5.74) is 1.17. The van der Waals surface area contributed by atoms with Crippen LogP contribution in [0, 0.1) is 0 Å². The van der Waals surface area contributed by atoms with Gasteiger partial charge >= 0.3 is 5.97 Å². The van der Waals surface area contributed by atoms with Crippen molar-refractivity contribution in [2.75, 3.05) is 13.2 Å². The lowest BCUT2D eigenvalue weighted by atomic mass is 10.0. The number of aromatic hydroxyl groups is 2. The number of phenols is 2. The average Bonchev–Trinajstić information content (AvgIpc) is 3.44. The Hall–Kier alpha value is -4.16. The van der Waals surface area contributed by atoms with Crippen LogP contribution in [0.1, 0.15) is 24.0 Å². The molecular formula is C26H32N4O8. The van der Waals surface area contributed by atoms with Gasteiger partial charge in [0.25, 0.3) is 0 Å². The number of carboxylic acid groups (broad SMARTS) is 1. The van der Waals surface area contributed by atoms with Gasteiger partial charge in [-0.15, -0.1) is 0 Å². The number of aliphatic hydroxyl groups excluding tert-OH is 1. The highest BCUT2D eigenvalue weighted by molar-refractivity contribution is 5.94. The fraction of sp³-hybridized carbons (Fsp3) is 0.385. The number of benzene rings is 2. The van der Waals surface area contributed by atoms with Crippen molar-refractivity contribution in [2.24, 2.45) is 0 Å². The summed E-state index contributed by atoms with van der Waals surface area (Å²) in [5.74, 6) is -3.33. The second-order valence-electron chi connectivity index (χ2n) is 9.09. The average molecular weight is 529 g/mol. The number of carbonyl (C=O) groups is 4. The lowest BCUT2D eigenvalue weighted by molar-refractivity contribution is -0.142. The quantitative estimate of drug-likeness (QED) is 0.173. The second-order valence-corrected chi connectivity index (χ2v) is 9.09. The Balaban J connectivity index is 1.69. The number of hydrogen-bond donors (Lipinski definition) is 8. The monoisotopic (exact) mass is 528 g/mol. The van der Waals surface area contributed by atoms with Gasteiger partial charge in [-0.1, -0.05) is 24.3 Å². The number of phenolic OH excluding ortho intramolecular Hbond substituents is 2. The first-order chi connectivity index (χ1) is 18.2. The number of aliphatic carboxylic acids is 1. The Morgan fingerprint density at radius 1 is 0.789 bits per heavy atom. The van der Waals surface area contributed by atoms with Crippen LogP contribution in [0.15, 0.2) is 48.5 Å². The molecule has 1 saturated heterocycles. The first-order valence-corrected chi connectivity index (χ1v) is 12.2. The van der Waals surface area contributed by atoms with Crippen LogP contribution in [0.25, 0.3) is 0 Å². The molecule has 0 aromatic heterocycles. The molecule has 0 bridgehead atoms. The van der Waals surface area contributed by atoms with Crippen molar-refractivity contribution in [3.8, 4) is 11.5 Å². The van der Waals surface area contributed by atoms with Gasteiger partial charge in [-0.3, -0.25) is 14.4 Å². The fourth-order valence-electron chi connectivity index (χ4n) is 4.06. The lowest BCUT2D eigenvalue weighted by Crippen LogP contribution is -2.58. The Labute approximate surface area is 219 Å². The number of hydrogen-bond acceptors (Lipinski definition) is 8. The molecule has 4 atom stereocenters. The van der Waals surface area contributed by atoms with Crippen molar-refractivity contribution in [1.29, 1.82) is 0 Å². The van der Waals surface area contributed by atoms with E-state index in [9.17, 15) is 39.6 Å². The maximum atomic E-state index is 13.2. The van der Waals surface area contributed by atoms with E-state index in [4.69, 9.17) is 0 Å². The van der Waals surface area contributed by atoms with E-state index >= 15 is 0 Å². The molecule has 3 rings (SSSR count). The lowest BCUT2D eigenvalue weighted by Gasteiger charge is -2.24. The van der Waals surface area contributed by atoms with Crippen molar-refractivity contribution in [3.05, 3.63) is 59.7 Å². The Bertz CT molecular complexity index is 1120. The van der Waals surface area contributed by atoms with Crippen LogP contribution in [0.2, 0.25) is 0 Å². The molecule has 2 aromatic rings. The molecule has 38 heavy (non-hydrogen) atoms. The molecule has 0 aliphatic carbocycles. The Kier molecular flexibility index (Phi) is 10.0. The first-order valence-electron chi connectivity index (χ1n) is 12.2. The smallest absolute Gasteiger partial charge is 0.326 e. The van der Waals surface area contributed by atoms with Crippen molar-refractivity contribution >= 4 is 23.7 Å². The maximum absolute atomic E-state index is 13.2. The summed E-state index contributed by atoms with van der Waals surface area (Å²) in [6.07, 6.45) is 1.37. The highest BCUT2D eigenvalue weighted by atomic mass is 16.4. The molecule has 12 heteroatoms. The van der Waals surface area contributed by atoms with Crippen LogP contribution in [-0.4, -0.2) is 81.4 Å². The molecule has 0 radical (unpaired) electrons. The van der Waals surface area contributed by atoms with E-state index in [1.54, 1.807) is 12.1 Å². The van der Waals surface area contributed by atoms with Gasteiger partial charge in [-0.2, -0.15) is 0 Å². The van der Waals surface area contributed by atoms with E-state index < -0.39 is 48.6 Å². The minimum absolute atomic E-state index is 0.00498. The molecule has 4 unspecified atom stereocenters. The van der Waals surface area contributed by atoms with Gasteiger partial charge in [-0.25, -0.2) is 4.79 Å². The highest BCUT2D eigenvalue weighted by Crippen LogP contribution is 2.13. The third-order valence-corrected chi connectivity index (χ3v) is 6.19. The summed E-state index contributed by atoms with van der Waals surface area (Å²) in [7, 11) is 0. The largest absolute Gasteiger partial charge is 0.508 e. The van der Waals surface area contributed by atoms with E-state index in [1.165, 1.54) is 36.4 Å². The molecule has 2 aromatic carbocycles. The number of nitrogens with one attached hydrogen (secondary N) is 4. The number of carboxylic acids is 1. The predicted molar refractivity (Wildman–Crippen MR) is 135 cm³/mol. The Morgan fingerprint density at radius 3 is 1.76 bits per heavy atom. The number of aliphatic hydroxyl groups is 1. The van der Waals surface area contributed by atoms with Gasteiger partial charge in [-0.05, 0) is 54.8 Å². The zero-order chi connectivity index (χ0) is 27.7. The summed E-state index contributed by atoms with van der Waals surface area (Å²) in [6, 6.07) is 7.45.